The highest BCUT2D eigenvalue weighted by molar-refractivity contribution is 8.15. The fourth-order valence-corrected chi connectivity index (χ4v) is 8.76. The summed E-state index contributed by atoms with van der Waals surface area (Å²) in [6.45, 7) is 0.0768. The zero-order valence-electron chi connectivity index (χ0n) is 29.5. The van der Waals surface area contributed by atoms with E-state index >= 15 is 0 Å². The van der Waals surface area contributed by atoms with Crippen LogP contribution in [-0.4, -0.2) is 144 Å². The normalized spacial score (nSPS) is 22.6. The third-order valence-corrected chi connectivity index (χ3v) is 13.0. The molecule has 32 heteroatoms. The van der Waals surface area contributed by atoms with Crippen LogP contribution in [0, 0.1) is 5.41 Å². The number of nitrogen functional groups attached to an aromatic ring is 1. The van der Waals surface area contributed by atoms with Crippen LogP contribution in [0.5, 0.6) is 0 Å². The molecular weight excluding hydrogens is 891 g/mol. The molecule has 0 bridgehead atoms. The first kappa shape index (κ1) is 49.1. The van der Waals surface area contributed by atoms with Crippen LogP contribution in [0.15, 0.2) is 12.7 Å². The van der Waals surface area contributed by atoms with E-state index < -0.39 is 106 Å². The van der Waals surface area contributed by atoms with Gasteiger partial charge in [0, 0.05) is 30.7 Å². The summed E-state index contributed by atoms with van der Waals surface area (Å²) < 4.78 is 61.9. The Morgan fingerprint density at radius 1 is 1.04 bits per heavy atom. The first-order valence-electron chi connectivity index (χ1n) is 15.9. The SMILES string of the molecule is CC(C)(COP(=O)(O)OP(=O)(O)OCC1OC(n2cnc3c(N)ncnc32)C(O)C1OP(=O)(O)O)C(O)C(=O)NCCC(=O)NCCSC(=O)C(S)C(S)C(=O)O. The van der Waals surface area contributed by atoms with E-state index in [0.717, 1.165) is 29.0 Å². The number of carbonyl (C=O) groups excluding carboxylic acids is 3. The summed E-state index contributed by atoms with van der Waals surface area (Å²) in [4.78, 5) is 98.3. The molecule has 57 heavy (non-hydrogen) atoms. The Balaban J connectivity index is 1.48. The van der Waals surface area contributed by atoms with Gasteiger partial charge in [-0.25, -0.2) is 28.6 Å². The number of rotatable bonds is 22. The average Bonchev–Trinajstić information content (AvgIpc) is 3.67. The molecule has 1 aliphatic heterocycles. The lowest BCUT2D eigenvalue weighted by Crippen LogP contribution is -2.46. The lowest BCUT2D eigenvalue weighted by Gasteiger charge is -2.30. The lowest BCUT2D eigenvalue weighted by molar-refractivity contribution is -0.137. The van der Waals surface area contributed by atoms with Gasteiger partial charge in [-0.3, -0.25) is 37.3 Å². The predicted octanol–water partition coefficient (Wildman–Crippen LogP) is -1.65. The number of aromatic nitrogens is 4. The topological polar surface area (TPSA) is 401 Å². The summed E-state index contributed by atoms with van der Waals surface area (Å²) in [5, 5.41) is 32.0. The molecule has 9 atom stereocenters. The molecule has 0 spiro atoms. The number of imidazole rings is 1. The number of nitrogens with two attached hydrogens (primary N) is 1. The van der Waals surface area contributed by atoms with Crippen LogP contribution < -0.4 is 16.4 Å². The van der Waals surface area contributed by atoms with Crippen molar-refractivity contribution in [1.82, 2.24) is 30.2 Å². The highest BCUT2D eigenvalue weighted by atomic mass is 32.2. The molecule has 0 saturated carbocycles. The van der Waals surface area contributed by atoms with Crippen molar-refractivity contribution in [3.05, 3.63) is 12.7 Å². The molecule has 9 unspecified atom stereocenters. The van der Waals surface area contributed by atoms with Crippen LogP contribution in [0.25, 0.3) is 11.2 Å². The van der Waals surface area contributed by atoms with Crippen molar-refractivity contribution in [1.29, 1.82) is 0 Å². The maximum atomic E-state index is 12.7. The fourth-order valence-electron chi connectivity index (χ4n) is 4.63. The van der Waals surface area contributed by atoms with Crippen molar-refractivity contribution >= 4 is 100 Å². The number of hydrogen-bond acceptors (Lipinski definition) is 21. The highest BCUT2D eigenvalue weighted by Gasteiger charge is 2.50. The van der Waals surface area contributed by atoms with Gasteiger partial charge in [-0.1, -0.05) is 25.6 Å². The second-order valence-corrected chi connectivity index (χ2v) is 18.9. The quantitative estimate of drug-likeness (QED) is 0.0357. The van der Waals surface area contributed by atoms with E-state index in [4.69, 9.17) is 24.6 Å². The molecule has 3 heterocycles. The summed E-state index contributed by atoms with van der Waals surface area (Å²) in [5.74, 6) is -2.88. The minimum Gasteiger partial charge on any atom is -0.480 e. The first-order chi connectivity index (χ1) is 26.2. The van der Waals surface area contributed by atoms with Crippen LogP contribution in [0.1, 0.15) is 26.5 Å². The number of thiol groups is 2. The Morgan fingerprint density at radius 2 is 1.68 bits per heavy atom. The molecule has 26 nitrogen and oxygen atoms in total. The smallest absolute Gasteiger partial charge is 0.480 e. The zero-order valence-corrected chi connectivity index (χ0v) is 34.8. The van der Waals surface area contributed by atoms with Gasteiger partial charge >= 0.3 is 29.4 Å². The van der Waals surface area contributed by atoms with Gasteiger partial charge in [-0.15, -0.1) is 0 Å². The van der Waals surface area contributed by atoms with Gasteiger partial charge in [0.1, 0.15) is 41.5 Å². The number of aliphatic hydroxyl groups excluding tert-OH is 2. The van der Waals surface area contributed by atoms with Gasteiger partial charge < -0.3 is 56.0 Å². The summed E-state index contributed by atoms with van der Waals surface area (Å²) in [6.07, 6.45) is -7.17. The number of carboxylic acids is 1. The number of carbonyl (C=O) groups is 4. The second-order valence-electron chi connectivity index (χ2n) is 12.5. The van der Waals surface area contributed by atoms with Crippen molar-refractivity contribution in [2.45, 2.75) is 61.4 Å². The van der Waals surface area contributed by atoms with Gasteiger partial charge in [-0.2, -0.15) is 29.6 Å². The number of phosphoric ester groups is 3. The van der Waals surface area contributed by atoms with Gasteiger partial charge in [0.15, 0.2) is 17.7 Å². The standard InChI is InChI=1S/C25H40N7O19P3S3/c1-25(2,18(35)21(36)28-4-3-12(33)27-5-6-57-24(39)17(56)16(55)23(37)38)8-48-54(45,46)51-53(43,44)47-7-11-15(50-52(40,41)42)14(34)22(49-11)32-10-31-13-19(26)29-9-30-20(13)32/h9-11,14-18,22,34-35,55-56H,3-8H2,1-2H3,(H,27,33)(H,28,36)(H,37,38)(H,43,44)(H,45,46)(H2,26,29,30)(H2,40,41,42). The molecule has 0 aliphatic carbocycles. The number of nitrogens with one attached hydrogen (secondary N) is 2. The number of fused-ring (bicyclic) bond motifs is 1. The molecule has 1 saturated heterocycles. The number of phosphoric acid groups is 3. The van der Waals surface area contributed by atoms with E-state index in [0.29, 0.717) is 0 Å². The Labute approximate surface area is 337 Å². The number of ether oxygens (including phenoxy) is 1. The van der Waals surface area contributed by atoms with Crippen LogP contribution >= 0.6 is 60.5 Å². The van der Waals surface area contributed by atoms with Crippen molar-refractivity contribution in [3.8, 4) is 0 Å². The van der Waals surface area contributed by atoms with E-state index in [1.165, 1.54) is 13.8 Å². The molecule has 11 N–H and O–H groups in total. The number of amides is 2. The minimum atomic E-state index is -5.60. The average molecular weight is 932 g/mol. The number of nitrogens with zero attached hydrogens (tertiary/aromatic N) is 4. The van der Waals surface area contributed by atoms with Crippen molar-refractivity contribution in [2.75, 3.05) is 37.8 Å². The zero-order chi connectivity index (χ0) is 43.1. The molecule has 322 valence electrons. The largest absolute Gasteiger partial charge is 0.481 e. The Bertz CT molecular complexity index is 1920. The van der Waals surface area contributed by atoms with Crippen molar-refractivity contribution < 1.29 is 90.4 Å². The number of hydrogen-bond donors (Lipinski definition) is 12. The Kier molecular flexibility index (Phi) is 17.5. The van der Waals surface area contributed by atoms with Crippen LogP contribution in [0.2, 0.25) is 0 Å². The fraction of sp³-hybridized carbons (Fsp3) is 0.640. The predicted molar refractivity (Wildman–Crippen MR) is 200 cm³/mol. The number of aliphatic carboxylic acids is 1. The van der Waals surface area contributed by atoms with Gasteiger partial charge in [-0.05, 0) is 0 Å². The molecule has 2 amide bonds. The molecule has 3 rings (SSSR count). The number of thioether (sulfide) groups is 1. The first-order valence-corrected chi connectivity index (χ1v) is 22.4. The van der Waals surface area contributed by atoms with E-state index in [2.05, 4.69) is 59.7 Å². The van der Waals surface area contributed by atoms with E-state index in [1.807, 2.05) is 0 Å². The lowest BCUT2D eigenvalue weighted by atomic mass is 9.87. The van der Waals surface area contributed by atoms with E-state index in [1.54, 1.807) is 0 Å². The molecule has 1 fully saturated rings. The van der Waals surface area contributed by atoms with Gasteiger partial charge in [0.2, 0.25) is 16.9 Å². The van der Waals surface area contributed by atoms with Crippen molar-refractivity contribution in [3.63, 3.8) is 0 Å². The Hall–Kier alpha value is -2.27. The van der Waals surface area contributed by atoms with Gasteiger partial charge in [0.25, 0.3) is 0 Å². The van der Waals surface area contributed by atoms with Crippen LogP contribution in [0.4, 0.5) is 5.82 Å². The summed E-state index contributed by atoms with van der Waals surface area (Å²) in [7, 11) is -16.5. The summed E-state index contributed by atoms with van der Waals surface area (Å²) in [6, 6.07) is 0. The molecule has 0 aromatic carbocycles. The monoisotopic (exact) mass is 931 g/mol. The molecule has 2 aromatic heterocycles. The van der Waals surface area contributed by atoms with E-state index in [9.17, 15) is 62.7 Å². The Morgan fingerprint density at radius 3 is 2.32 bits per heavy atom. The highest BCUT2D eigenvalue weighted by Crippen LogP contribution is 2.61. The minimum absolute atomic E-state index is 0.00985. The van der Waals surface area contributed by atoms with Crippen LogP contribution in [-0.2, 0) is 55.5 Å². The van der Waals surface area contributed by atoms with E-state index in [-0.39, 0.29) is 42.2 Å². The maximum Gasteiger partial charge on any atom is 0.481 e. The second kappa shape index (κ2) is 20.3. The number of carboxylic acid groups (broad SMARTS) is 1. The number of aliphatic hydroxyl groups is 2. The van der Waals surface area contributed by atoms with Gasteiger partial charge in [0.05, 0.1) is 24.8 Å². The maximum absolute atomic E-state index is 12.7. The third kappa shape index (κ3) is 14.5. The molecule has 2 aromatic rings. The molecule has 0 radical (unpaired) electrons. The molecular formula is C25H40N7O19P3S3. The van der Waals surface area contributed by atoms with Crippen LogP contribution in [0.3, 0.4) is 0 Å². The summed E-state index contributed by atoms with van der Waals surface area (Å²) in [5.41, 5.74) is 4.18. The summed E-state index contributed by atoms with van der Waals surface area (Å²) >= 11 is 8.44. The number of anilines is 1. The van der Waals surface area contributed by atoms with Crippen molar-refractivity contribution in [2.24, 2.45) is 5.41 Å². The third-order valence-electron chi connectivity index (χ3n) is 7.54. The molecule has 1 aliphatic rings.